The van der Waals surface area contributed by atoms with Crippen LogP contribution < -0.4 is 10.1 Å². The number of amides is 1. The van der Waals surface area contributed by atoms with Gasteiger partial charge in [0, 0.05) is 5.56 Å². The normalized spacial score (nSPS) is 15.9. The first kappa shape index (κ1) is 14.8. The van der Waals surface area contributed by atoms with Crippen LogP contribution in [0, 0.1) is 0 Å². The van der Waals surface area contributed by atoms with E-state index in [1.165, 1.54) is 11.8 Å². The van der Waals surface area contributed by atoms with E-state index in [1.54, 1.807) is 6.08 Å². The highest BCUT2D eigenvalue weighted by Crippen LogP contribution is 2.29. The third-order valence-electron chi connectivity index (χ3n) is 3.08. The summed E-state index contributed by atoms with van der Waals surface area (Å²) in [5.74, 6) is 0.581. The van der Waals surface area contributed by atoms with Crippen molar-refractivity contribution in [3.63, 3.8) is 0 Å². The second-order valence-corrected chi connectivity index (χ2v) is 6.38. The Morgan fingerprint density at radius 3 is 2.55 bits per heavy atom. The van der Waals surface area contributed by atoms with Crippen molar-refractivity contribution < 1.29 is 9.53 Å². The van der Waals surface area contributed by atoms with Crippen molar-refractivity contribution in [2.45, 2.75) is 6.61 Å². The molecule has 0 spiro atoms. The standard InChI is InChI=1S/C17H13NO2S2/c19-16-15(22-17(21)18-16)10-13-8-4-5-9-14(13)20-11-12-6-2-1-3-7-12/h1-10H,11H2,(H,18,19,21)/b15-10-. The van der Waals surface area contributed by atoms with Crippen LogP contribution in [0.3, 0.4) is 0 Å². The lowest BCUT2D eigenvalue weighted by Gasteiger charge is -2.09. The van der Waals surface area contributed by atoms with Crippen molar-refractivity contribution in [3.8, 4) is 5.75 Å². The molecule has 3 nitrogen and oxygen atoms in total. The largest absolute Gasteiger partial charge is 0.488 e. The van der Waals surface area contributed by atoms with E-state index in [0.29, 0.717) is 15.8 Å². The molecule has 1 fully saturated rings. The molecule has 2 aromatic carbocycles. The van der Waals surface area contributed by atoms with Gasteiger partial charge >= 0.3 is 0 Å². The molecule has 22 heavy (non-hydrogen) atoms. The zero-order valence-corrected chi connectivity index (χ0v) is 13.2. The summed E-state index contributed by atoms with van der Waals surface area (Å²) in [6.07, 6.45) is 1.81. The molecule has 0 saturated carbocycles. The van der Waals surface area contributed by atoms with Gasteiger partial charge in [0.1, 0.15) is 16.7 Å². The summed E-state index contributed by atoms with van der Waals surface area (Å²) in [6.45, 7) is 0.485. The Morgan fingerprint density at radius 1 is 1.09 bits per heavy atom. The lowest BCUT2D eigenvalue weighted by atomic mass is 10.2. The van der Waals surface area contributed by atoms with E-state index < -0.39 is 0 Å². The Balaban J connectivity index is 1.80. The number of thioether (sulfide) groups is 1. The van der Waals surface area contributed by atoms with Crippen molar-refractivity contribution in [3.05, 3.63) is 70.6 Å². The van der Waals surface area contributed by atoms with Gasteiger partial charge in [-0.3, -0.25) is 4.79 Å². The van der Waals surface area contributed by atoms with E-state index in [0.717, 1.165) is 16.9 Å². The lowest BCUT2D eigenvalue weighted by molar-refractivity contribution is -0.115. The van der Waals surface area contributed by atoms with Crippen LogP contribution in [0.1, 0.15) is 11.1 Å². The van der Waals surface area contributed by atoms with Gasteiger partial charge in [-0.2, -0.15) is 0 Å². The van der Waals surface area contributed by atoms with Crippen molar-refractivity contribution in [1.82, 2.24) is 5.32 Å². The van der Waals surface area contributed by atoms with Crippen molar-refractivity contribution in [2.75, 3.05) is 0 Å². The summed E-state index contributed by atoms with van der Waals surface area (Å²) >= 11 is 6.26. The number of ether oxygens (including phenoxy) is 1. The molecule has 110 valence electrons. The minimum Gasteiger partial charge on any atom is -0.488 e. The molecule has 0 bridgehead atoms. The van der Waals surface area contributed by atoms with Crippen LogP contribution in [0.15, 0.2) is 59.5 Å². The van der Waals surface area contributed by atoms with Crippen LogP contribution >= 0.6 is 24.0 Å². The molecule has 0 aliphatic carbocycles. The molecule has 0 atom stereocenters. The minimum absolute atomic E-state index is 0.159. The van der Waals surface area contributed by atoms with E-state index in [2.05, 4.69) is 5.32 Å². The summed E-state index contributed by atoms with van der Waals surface area (Å²) in [6, 6.07) is 17.6. The van der Waals surface area contributed by atoms with E-state index in [9.17, 15) is 4.79 Å². The number of hydrogen-bond acceptors (Lipinski definition) is 4. The summed E-state index contributed by atoms with van der Waals surface area (Å²) in [7, 11) is 0. The number of thiocarbonyl (C=S) groups is 1. The smallest absolute Gasteiger partial charge is 0.263 e. The van der Waals surface area contributed by atoms with Crippen LogP contribution in [0.4, 0.5) is 0 Å². The van der Waals surface area contributed by atoms with Gasteiger partial charge in [0.25, 0.3) is 5.91 Å². The molecule has 1 aliphatic heterocycles. The second-order valence-electron chi connectivity index (χ2n) is 4.66. The van der Waals surface area contributed by atoms with Crippen molar-refractivity contribution >= 4 is 40.3 Å². The maximum Gasteiger partial charge on any atom is 0.263 e. The first-order chi connectivity index (χ1) is 10.7. The minimum atomic E-state index is -0.159. The zero-order chi connectivity index (χ0) is 15.4. The molecule has 1 N–H and O–H groups in total. The predicted octanol–water partition coefficient (Wildman–Crippen LogP) is 3.75. The summed E-state index contributed by atoms with van der Waals surface area (Å²) < 4.78 is 6.36. The summed E-state index contributed by atoms with van der Waals surface area (Å²) in [5, 5.41) is 2.61. The molecule has 1 aliphatic rings. The molecule has 1 saturated heterocycles. The van der Waals surface area contributed by atoms with Crippen molar-refractivity contribution in [1.29, 1.82) is 0 Å². The number of para-hydroxylation sites is 1. The Morgan fingerprint density at radius 2 is 1.82 bits per heavy atom. The van der Waals surface area contributed by atoms with Gasteiger partial charge in [0.2, 0.25) is 0 Å². The molecule has 1 heterocycles. The first-order valence-electron chi connectivity index (χ1n) is 6.73. The fraction of sp³-hybridized carbons (Fsp3) is 0.0588. The molecule has 0 radical (unpaired) electrons. The number of hydrogen-bond donors (Lipinski definition) is 1. The first-order valence-corrected chi connectivity index (χ1v) is 7.95. The number of carbonyl (C=O) groups is 1. The highest BCUT2D eigenvalue weighted by Gasteiger charge is 2.22. The van der Waals surface area contributed by atoms with Gasteiger partial charge < -0.3 is 10.1 Å². The zero-order valence-electron chi connectivity index (χ0n) is 11.6. The average Bonchev–Trinajstić information content (AvgIpc) is 2.85. The Hall–Kier alpha value is -2.11. The van der Waals surface area contributed by atoms with Crippen LogP contribution in [0.2, 0.25) is 0 Å². The fourth-order valence-electron chi connectivity index (χ4n) is 2.03. The van der Waals surface area contributed by atoms with E-state index in [1.807, 2.05) is 54.6 Å². The molecule has 5 heteroatoms. The second kappa shape index (κ2) is 6.77. The monoisotopic (exact) mass is 327 g/mol. The Labute approximate surface area is 138 Å². The average molecular weight is 327 g/mol. The molecule has 0 unspecified atom stereocenters. The fourth-order valence-corrected chi connectivity index (χ4v) is 3.06. The third kappa shape index (κ3) is 3.55. The van der Waals surface area contributed by atoms with Gasteiger partial charge in [-0.1, -0.05) is 72.5 Å². The maximum atomic E-state index is 11.8. The molecule has 1 amide bonds. The number of nitrogens with one attached hydrogen (secondary N) is 1. The van der Waals surface area contributed by atoms with Gasteiger partial charge in [0.05, 0.1) is 4.91 Å². The highest BCUT2D eigenvalue weighted by atomic mass is 32.2. The van der Waals surface area contributed by atoms with E-state index in [4.69, 9.17) is 17.0 Å². The maximum absolute atomic E-state index is 11.8. The van der Waals surface area contributed by atoms with Gasteiger partial charge in [-0.15, -0.1) is 0 Å². The van der Waals surface area contributed by atoms with E-state index >= 15 is 0 Å². The SMILES string of the molecule is O=C1NC(=S)S/C1=C\c1ccccc1OCc1ccccc1. The molecule has 3 rings (SSSR count). The van der Waals surface area contributed by atoms with Crippen LogP contribution in [0.5, 0.6) is 5.75 Å². The number of rotatable bonds is 4. The van der Waals surface area contributed by atoms with Gasteiger partial charge in [-0.05, 0) is 17.7 Å². The van der Waals surface area contributed by atoms with Crippen LogP contribution in [-0.4, -0.2) is 10.2 Å². The molecular weight excluding hydrogens is 314 g/mol. The molecule has 2 aromatic rings. The lowest BCUT2D eigenvalue weighted by Crippen LogP contribution is -2.17. The molecule has 0 aromatic heterocycles. The highest BCUT2D eigenvalue weighted by molar-refractivity contribution is 8.26. The Kier molecular flexibility index (Phi) is 4.56. The predicted molar refractivity (Wildman–Crippen MR) is 93.5 cm³/mol. The van der Waals surface area contributed by atoms with Gasteiger partial charge in [-0.25, -0.2) is 0 Å². The summed E-state index contributed by atoms with van der Waals surface area (Å²) in [4.78, 5) is 12.3. The number of carbonyl (C=O) groups excluding carboxylic acids is 1. The van der Waals surface area contributed by atoms with E-state index in [-0.39, 0.29) is 5.91 Å². The molecular formula is C17H13NO2S2. The quantitative estimate of drug-likeness (QED) is 0.685. The summed E-state index contributed by atoms with van der Waals surface area (Å²) in [5.41, 5.74) is 1.96. The third-order valence-corrected chi connectivity index (χ3v) is 4.25. The van der Waals surface area contributed by atoms with Crippen molar-refractivity contribution in [2.24, 2.45) is 0 Å². The Bertz CT molecular complexity index is 741. The number of benzene rings is 2. The van der Waals surface area contributed by atoms with Crippen LogP contribution in [0.25, 0.3) is 6.08 Å². The van der Waals surface area contributed by atoms with Crippen LogP contribution in [-0.2, 0) is 11.4 Å². The van der Waals surface area contributed by atoms with Gasteiger partial charge in [0.15, 0.2) is 0 Å². The topological polar surface area (TPSA) is 38.3 Å².